The van der Waals surface area contributed by atoms with E-state index in [1.807, 2.05) is 48.7 Å². The molecule has 0 bridgehead atoms. The fraction of sp³-hybridized carbons (Fsp3) is 0.348. The van der Waals surface area contributed by atoms with E-state index in [4.69, 9.17) is 9.47 Å². The zero-order valence-electron chi connectivity index (χ0n) is 16.7. The Balaban J connectivity index is 1.61. The average Bonchev–Trinajstić information content (AvgIpc) is 3.08. The zero-order valence-corrected chi connectivity index (χ0v) is 16.7. The first kappa shape index (κ1) is 19.8. The minimum Gasteiger partial charge on any atom is -0.497 e. The standard InChI is InChI=1S/C23H28N2O3/c1-16(2)10-11-28-22-7-5-4-6-17(22)14-25-23(26)12-18-15-24-21-9-8-19(27-3)13-20(18)21/h4-9,13,15-16,24H,10-12,14H2,1-3H3,(H,25,26). The van der Waals surface area contributed by atoms with Crippen LogP contribution >= 0.6 is 0 Å². The van der Waals surface area contributed by atoms with Gasteiger partial charge in [0.2, 0.25) is 5.91 Å². The van der Waals surface area contributed by atoms with E-state index < -0.39 is 0 Å². The summed E-state index contributed by atoms with van der Waals surface area (Å²) >= 11 is 0. The third-order valence-electron chi connectivity index (χ3n) is 4.73. The molecule has 0 radical (unpaired) electrons. The second kappa shape index (κ2) is 9.31. The van der Waals surface area contributed by atoms with Gasteiger partial charge in [0.15, 0.2) is 0 Å². The number of carbonyl (C=O) groups is 1. The van der Waals surface area contributed by atoms with Crippen LogP contribution < -0.4 is 14.8 Å². The van der Waals surface area contributed by atoms with Crippen molar-refractivity contribution in [3.8, 4) is 11.5 Å². The lowest BCUT2D eigenvalue weighted by atomic mass is 10.1. The lowest BCUT2D eigenvalue weighted by Gasteiger charge is -2.13. The van der Waals surface area contributed by atoms with E-state index in [9.17, 15) is 4.79 Å². The number of amides is 1. The predicted molar refractivity (Wildman–Crippen MR) is 112 cm³/mol. The van der Waals surface area contributed by atoms with Gasteiger partial charge in [0, 0.05) is 29.2 Å². The number of aromatic nitrogens is 1. The molecule has 148 valence electrons. The maximum absolute atomic E-state index is 12.5. The van der Waals surface area contributed by atoms with E-state index in [0.717, 1.165) is 39.9 Å². The predicted octanol–water partition coefficient (Wildman–Crippen LogP) is 4.46. The van der Waals surface area contributed by atoms with Crippen molar-refractivity contribution in [2.75, 3.05) is 13.7 Å². The van der Waals surface area contributed by atoms with Crippen molar-refractivity contribution in [3.63, 3.8) is 0 Å². The van der Waals surface area contributed by atoms with Crippen molar-refractivity contribution in [3.05, 3.63) is 59.8 Å². The third-order valence-corrected chi connectivity index (χ3v) is 4.73. The molecule has 0 fully saturated rings. The monoisotopic (exact) mass is 380 g/mol. The maximum atomic E-state index is 12.5. The molecule has 1 heterocycles. The zero-order chi connectivity index (χ0) is 19.9. The van der Waals surface area contributed by atoms with Crippen LogP contribution in [-0.4, -0.2) is 24.6 Å². The van der Waals surface area contributed by atoms with Gasteiger partial charge in [-0.05, 0) is 42.2 Å². The van der Waals surface area contributed by atoms with Crippen LogP contribution in [0.25, 0.3) is 10.9 Å². The van der Waals surface area contributed by atoms with Gasteiger partial charge in [-0.3, -0.25) is 4.79 Å². The number of fused-ring (bicyclic) bond motifs is 1. The number of methoxy groups -OCH3 is 1. The Morgan fingerprint density at radius 3 is 2.75 bits per heavy atom. The van der Waals surface area contributed by atoms with Crippen LogP contribution in [0.1, 0.15) is 31.4 Å². The molecule has 2 N–H and O–H groups in total. The summed E-state index contributed by atoms with van der Waals surface area (Å²) in [5.41, 5.74) is 2.93. The number of hydrogen-bond acceptors (Lipinski definition) is 3. The smallest absolute Gasteiger partial charge is 0.224 e. The molecule has 0 atom stereocenters. The Hall–Kier alpha value is -2.95. The number of hydrogen-bond donors (Lipinski definition) is 2. The minimum absolute atomic E-state index is 0.0271. The van der Waals surface area contributed by atoms with Crippen LogP contribution in [-0.2, 0) is 17.8 Å². The normalized spacial score (nSPS) is 11.0. The average molecular weight is 380 g/mol. The SMILES string of the molecule is COc1ccc2[nH]cc(CC(=O)NCc3ccccc3OCCC(C)C)c2c1. The molecule has 0 spiro atoms. The van der Waals surface area contributed by atoms with Crippen molar-refractivity contribution in [1.82, 2.24) is 10.3 Å². The molecule has 1 amide bonds. The molecule has 0 aliphatic heterocycles. The molecule has 0 saturated carbocycles. The first-order valence-electron chi connectivity index (χ1n) is 9.68. The summed E-state index contributed by atoms with van der Waals surface area (Å²) in [6.45, 7) is 5.48. The van der Waals surface area contributed by atoms with Crippen LogP contribution in [0.15, 0.2) is 48.7 Å². The van der Waals surface area contributed by atoms with Crippen molar-refractivity contribution in [1.29, 1.82) is 0 Å². The maximum Gasteiger partial charge on any atom is 0.224 e. The van der Waals surface area contributed by atoms with Gasteiger partial charge < -0.3 is 19.8 Å². The second-order valence-corrected chi connectivity index (χ2v) is 7.32. The number of rotatable bonds is 9. The Kier molecular flexibility index (Phi) is 6.58. The van der Waals surface area contributed by atoms with Crippen LogP contribution in [0.5, 0.6) is 11.5 Å². The van der Waals surface area contributed by atoms with Gasteiger partial charge in [0.25, 0.3) is 0 Å². The molecular weight excluding hydrogens is 352 g/mol. The number of nitrogens with one attached hydrogen (secondary N) is 2. The van der Waals surface area contributed by atoms with Gasteiger partial charge in [-0.25, -0.2) is 0 Å². The van der Waals surface area contributed by atoms with Gasteiger partial charge in [-0.1, -0.05) is 32.0 Å². The molecule has 28 heavy (non-hydrogen) atoms. The summed E-state index contributed by atoms with van der Waals surface area (Å²) in [7, 11) is 1.64. The molecular formula is C23H28N2O3. The molecule has 2 aromatic carbocycles. The molecule has 0 aliphatic carbocycles. The third kappa shape index (κ3) is 5.06. The molecule has 1 aromatic heterocycles. The number of aromatic amines is 1. The summed E-state index contributed by atoms with van der Waals surface area (Å²) in [5.74, 6) is 2.18. The number of H-pyrrole nitrogens is 1. The van der Waals surface area contributed by atoms with Crippen molar-refractivity contribution < 1.29 is 14.3 Å². The van der Waals surface area contributed by atoms with Crippen LogP contribution in [0.2, 0.25) is 0 Å². The lowest BCUT2D eigenvalue weighted by molar-refractivity contribution is -0.120. The highest BCUT2D eigenvalue weighted by Crippen LogP contribution is 2.24. The van der Waals surface area contributed by atoms with E-state index in [-0.39, 0.29) is 5.91 Å². The van der Waals surface area contributed by atoms with Gasteiger partial charge in [0.05, 0.1) is 20.1 Å². The molecule has 3 aromatic rings. The number of para-hydroxylation sites is 1. The van der Waals surface area contributed by atoms with E-state index >= 15 is 0 Å². The van der Waals surface area contributed by atoms with Gasteiger partial charge in [-0.15, -0.1) is 0 Å². The van der Waals surface area contributed by atoms with E-state index in [1.54, 1.807) is 7.11 Å². The molecule has 5 heteroatoms. The second-order valence-electron chi connectivity index (χ2n) is 7.32. The minimum atomic E-state index is -0.0271. The van der Waals surface area contributed by atoms with Crippen molar-refractivity contribution in [2.24, 2.45) is 5.92 Å². The summed E-state index contributed by atoms with van der Waals surface area (Å²) in [6.07, 6.45) is 3.20. The number of carbonyl (C=O) groups excluding carboxylic acids is 1. The highest BCUT2D eigenvalue weighted by atomic mass is 16.5. The summed E-state index contributed by atoms with van der Waals surface area (Å²) < 4.78 is 11.2. The summed E-state index contributed by atoms with van der Waals surface area (Å²) in [5, 5.41) is 4.01. The first-order valence-corrected chi connectivity index (χ1v) is 9.68. The lowest BCUT2D eigenvalue weighted by Crippen LogP contribution is -2.24. The molecule has 0 saturated heterocycles. The fourth-order valence-corrected chi connectivity index (χ4v) is 3.06. The number of ether oxygens (including phenoxy) is 2. The van der Waals surface area contributed by atoms with Crippen LogP contribution in [0.3, 0.4) is 0 Å². The van der Waals surface area contributed by atoms with E-state index in [0.29, 0.717) is 25.5 Å². The Morgan fingerprint density at radius 1 is 1.14 bits per heavy atom. The fourth-order valence-electron chi connectivity index (χ4n) is 3.06. The topological polar surface area (TPSA) is 63.4 Å². The van der Waals surface area contributed by atoms with Crippen LogP contribution in [0, 0.1) is 5.92 Å². The molecule has 0 aliphatic rings. The van der Waals surface area contributed by atoms with Crippen LogP contribution in [0.4, 0.5) is 0 Å². The Morgan fingerprint density at radius 2 is 1.96 bits per heavy atom. The van der Waals surface area contributed by atoms with Gasteiger partial charge in [-0.2, -0.15) is 0 Å². The van der Waals surface area contributed by atoms with E-state index in [1.165, 1.54) is 0 Å². The van der Waals surface area contributed by atoms with Crippen molar-refractivity contribution in [2.45, 2.75) is 33.2 Å². The number of benzene rings is 2. The quantitative estimate of drug-likeness (QED) is 0.576. The summed E-state index contributed by atoms with van der Waals surface area (Å²) in [6, 6.07) is 13.7. The Labute approximate surface area is 166 Å². The highest BCUT2D eigenvalue weighted by molar-refractivity contribution is 5.89. The summed E-state index contributed by atoms with van der Waals surface area (Å²) in [4.78, 5) is 15.7. The first-order chi connectivity index (χ1) is 13.6. The molecule has 0 unspecified atom stereocenters. The van der Waals surface area contributed by atoms with Gasteiger partial charge in [0.1, 0.15) is 11.5 Å². The Bertz CT molecular complexity index is 930. The molecule has 3 rings (SSSR count). The molecule has 5 nitrogen and oxygen atoms in total. The largest absolute Gasteiger partial charge is 0.497 e. The van der Waals surface area contributed by atoms with E-state index in [2.05, 4.69) is 24.1 Å². The van der Waals surface area contributed by atoms with Crippen molar-refractivity contribution >= 4 is 16.8 Å². The van der Waals surface area contributed by atoms with Gasteiger partial charge >= 0.3 is 0 Å². The highest BCUT2D eigenvalue weighted by Gasteiger charge is 2.11.